The van der Waals surface area contributed by atoms with Crippen molar-refractivity contribution < 1.29 is 18.8 Å². The van der Waals surface area contributed by atoms with Gasteiger partial charge in [0.2, 0.25) is 0 Å². The highest BCUT2D eigenvalue weighted by atomic mass is 32.1. The molecule has 1 saturated heterocycles. The lowest BCUT2D eigenvalue weighted by Crippen LogP contribution is -2.41. The van der Waals surface area contributed by atoms with Gasteiger partial charge in [-0.2, -0.15) is 0 Å². The molecule has 0 spiro atoms. The Morgan fingerprint density at radius 1 is 1.39 bits per heavy atom. The number of furan rings is 1. The number of hydrogen-bond donors (Lipinski definition) is 1. The molecule has 0 saturated carbocycles. The van der Waals surface area contributed by atoms with Crippen molar-refractivity contribution in [3.8, 4) is 0 Å². The van der Waals surface area contributed by atoms with Crippen molar-refractivity contribution in [1.29, 1.82) is 0 Å². The van der Waals surface area contributed by atoms with Gasteiger partial charge in [0.15, 0.2) is 11.3 Å². The monoisotopic (exact) mass is 332 g/mol. The fraction of sp³-hybridized carbons (Fsp3) is 0.312. The van der Waals surface area contributed by atoms with Gasteiger partial charge in [0.1, 0.15) is 5.76 Å². The highest BCUT2D eigenvalue weighted by Gasteiger charge is 2.51. The number of imide groups is 1. The first-order valence-electron chi connectivity index (χ1n) is 7.11. The van der Waals surface area contributed by atoms with E-state index in [1.165, 1.54) is 17.6 Å². The maximum Gasteiger partial charge on any atom is 0.325 e. The number of rotatable bonds is 4. The normalized spacial score (nSPS) is 20.9. The van der Waals surface area contributed by atoms with Gasteiger partial charge in [-0.05, 0) is 39.0 Å². The molecule has 120 valence electrons. The topological polar surface area (TPSA) is 79.6 Å². The Labute approximate surface area is 137 Å². The molecule has 23 heavy (non-hydrogen) atoms. The van der Waals surface area contributed by atoms with Crippen LogP contribution in [-0.4, -0.2) is 29.2 Å². The third-order valence-corrected chi connectivity index (χ3v) is 4.90. The molecule has 2 aromatic heterocycles. The minimum absolute atomic E-state index is 0.251. The first kappa shape index (κ1) is 15.5. The van der Waals surface area contributed by atoms with Crippen LogP contribution in [0.5, 0.6) is 0 Å². The Balaban J connectivity index is 1.84. The number of aryl methyl sites for hydroxylation is 2. The Morgan fingerprint density at radius 2 is 2.13 bits per heavy atom. The number of urea groups is 1. The molecule has 1 atom stereocenters. The van der Waals surface area contributed by atoms with E-state index in [9.17, 15) is 14.4 Å². The predicted molar refractivity (Wildman–Crippen MR) is 84.4 cm³/mol. The molecule has 0 bridgehead atoms. The largest absolute Gasteiger partial charge is 0.466 e. The molecule has 0 aromatic carbocycles. The second-order valence-corrected chi connectivity index (χ2v) is 7.13. The van der Waals surface area contributed by atoms with E-state index < -0.39 is 17.5 Å². The number of ketones is 1. The molecule has 1 aliphatic rings. The van der Waals surface area contributed by atoms with Crippen molar-refractivity contribution in [3.05, 3.63) is 45.5 Å². The summed E-state index contributed by atoms with van der Waals surface area (Å²) in [5, 5.41) is 2.60. The Morgan fingerprint density at radius 3 is 2.70 bits per heavy atom. The molecular weight excluding hydrogens is 316 g/mol. The van der Waals surface area contributed by atoms with Gasteiger partial charge in [0.05, 0.1) is 12.8 Å². The highest BCUT2D eigenvalue weighted by molar-refractivity contribution is 7.12. The summed E-state index contributed by atoms with van der Waals surface area (Å²) < 4.78 is 5.25. The Kier molecular flexibility index (Phi) is 3.60. The van der Waals surface area contributed by atoms with Crippen LogP contribution in [0.3, 0.4) is 0 Å². The van der Waals surface area contributed by atoms with Crippen molar-refractivity contribution in [2.75, 3.05) is 6.54 Å². The SMILES string of the molecule is Cc1cc(C(=O)CN2C(=O)N[C@](C)(c3ccco3)C2=O)c(C)s1. The van der Waals surface area contributed by atoms with Crippen LogP contribution >= 0.6 is 11.3 Å². The van der Waals surface area contributed by atoms with Crippen LogP contribution < -0.4 is 5.32 Å². The van der Waals surface area contributed by atoms with Crippen LogP contribution in [0.25, 0.3) is 0 Å². The molecule has 3 amide bonds. The van der Waals surface area contributed by atoms with Crippen LogP contribution in [0.2, 0.25) is 0 Å². The van der Waals surface area contributed by atoms with Crippen molar-refractivity contribution >= 4 is 29.1 Å². The van der Waals surface area contributed by atoms with Gasteiger partial charge in [-0.15, -0.1) is 11.3 Å². The van der Waals surface area contributed by atoms with Crippen LogP contribution in [0.15, 0.2) is 28.9 Å². The van der Waals surface area contributed by atoms with E-state index in [1.807, 2.05) is 13.8 Å². The summed E-state index contributed by atoms with van der Waals surface area (Å²) in [4.78, 5) is 40.1. The van der Waals surface area contributed by atoms with Gasteiger partial charge in [-0.3, -0.25) is 14.5 Å². The number of carbonyl (C=O) groups is 3. The number of thiophene rings is 1. The minimum atomic E-state index is -1.28. The van der Waals surface area contributed by atoms with Crippen molar-refractivity contribution in [2.24, 2.45) is 0 Å². The molecule has 1 fully saturated rings. The van der Waals surface area contributed by atoms with Crippen LogP contribution in [0.4, 0.5) is 4.79 Å². The van der Waals surface area contributed by atoms with E-state index >= 15 is 0 Å². The average molecular weight is 332 g/mol. The smallest absolute Gasteiger partial charge is 0.325 e. The first-order valence-corrected chi connectivity index (χ1v) is 7.93. The molecule has 7 heteroatoms. The Hall–Kier alpha value is -2.41. The molecule has 3 rings (SSSR count). The molecule has 6 nitrogen and oxygen atoms in total. The highest BCUT2D eigenvalue weighted by Crippen LogP contribution is 2.29. The quantitative estimate of drug-likeness (QED) is 0.689. The molecule has 3 heterocycles. The van der Waals surface area contributed by atoms with Gasteiger partial charge in [0, 0.05) is 15.3 Å². The minimum Gasteiger partial charge on any atom is -0.466 e. The lowest BCUT2D eigenvalue weighted by atomic mass is 9.99. The van der Waals surface area contributed by atoms with E-state index in [0.29, 0.717) is 11.3 Å². The van der Waals surface area contributed by atoms with Crippen molar-refractivity contribution in [3.63, 3.8) is 0 Å². The lowest BCUT2D eigenvalue weighted by Gasteiger charge is -2.18. The zero-order chi connectivity index (χ0) is 16.8. The molecule has 0 aliphatic carbocycles. The number of nitrogens with one attached hydrogen (secondary N) is 1. The first-order chi connectivity index (χ1) is 10.8. The Bertz CT molecular complexity index is 793. The molecule has 0 unspecified atom stereocenters. The summed E-state index contributed by atoms with van der Waals surface area (Å²) in [6.07, 6.45) is 1.44. The van der Waals surface area contributed by atoms with Crippen molar-refractivity contribution in [1.82, 2.24) is 10.2 Å². The van der Waals surface area contributed by atoms with Gasteiger partial charge in [0.25, 0.3) is 5.91 Å². The average Bonchev–Trinajstić information content (AvgIpc) is 3.16. The van der Waals surface area contributed by atoms with Gasteiger partial charge in [-0.25, -0.2) is 4.79 Å². The maximum absolute atomic E-state index is 12.6. The second kappa shape index (κ2) is 5.34. The fourth-order valence-corrected chi connectivity index (χ4v) is 3.65. The van der Waals surface area contributed by atoms with Crippen molar-refractivity contribution in [2.45, 2.75) is 26.3 Å². The molecule has 2 aromatic rings. The fourth-order valence-electron chi connectivity index (χ4n) is 2.71. The van der Waals surface area contributed by atoms with E-state index in [2.05, 4.69) is 5.32 Å². The zero-order valence-electron chi connectivity index (χ0n) is 13.0. The summed E-state index contributed by atoms with van der Waals surface area (Å²) in [5.74, 6) is -0.400. The van der Waals surface area contributed by atoms with Gasteiger partial charge >= 0.3 is 6.03 Å². The number of carbonyl (C=O) groups excluding carboxylic acids is 3. The lowest BCUT2D eigenvalue weighted by molar-refractivity contribution is -0.131. The standard InChI is InChI=1S/C16H16N2O4S/c1-9-7-11(10(2)23-9)12(19)8-18-14(20)16(3,17-15(18)21)13-5-4-6-22-13/h4-7H,8H2,1-3H3,(H,17,21)/t16-/m1/s1. The van der Waals surface area contributed by atoms with Gasteiger partial charge in [-0.1, -0.05) is 0 Å². The van der Waals surface area contributed by atoms with Gasteiger partial charge < -0.3 is 9.73 Å². The zero-order valence-corrected chi connectivity index (χ0v) is 13.8. The predicted octanol–water partition coefficient (Wildman–Crippen LogP) is 2.61. The molecule has 1 aliphatic heterocycles. The van der Waals surface area contributed by atoms with Crippen LogP contribution in [-0.2, 0) is 10.3 Å². The molecule has 1 N–H and O–H groups in total. The number of nitrogens with zero attached hydrogens (tertiary/aromatic N) is 1. The van der Waals surface area contributed by atoms with Crippen LogP contribution in [0.1, 0.15) is 32.8 Å². The summed E-state index contributed by atoms with van der Waals surface area (Å²) in [6.45, 7) is 5.05. The summed E-state index contributed by atoms with van der Waals surface area (Å²) in [6, 6.07) is 4.46. The molecular formula is C16H16N2O4S. The van der Waals surface area contributed by atoms with E-state index in [-0.39, 0.29) is 12.3 Å². The summed E-state index contributed by atoms with van der Waals surface area (Å²) in [7, 11) is 0. The molecule has 0 radical (unpaired) electrons. The second-order valence-electron chi connectivity index (χ2n) is 5.67. The number of amides is 3. The number of Topliss-reactive ketones (excluding diaryl/α,β-unsaturated/α-hetero) is 1. The van der Waals surface area contributed by atoms with E-state index in [4.69, 9.17) is 4.42 Å². The third-order valence-electron chi connectivity index (χ3n) is 3.93. The summed E-state index contributed by atoms with van der Waals surface area (Å²) >= 11 is 1.52. The van der Waals surface area contributed by atoms with Crippen LogP contribution in [0, 0.1) is 13.8 Å². The van der Waals surface area contributed by atoms with E-state index in [1.54, 1.807) is 25.1 Å². The van der Waals surface area contributed by atoms with E-state index in [0.717, 1.165) is 14.7 Å². The maximum atomic E-state index is 12.6. The number of hydrogen-bond acceptors (Lipinski definition) is 5. The summed E-state index contributed by atoms with van der Waals surface area (Å²) in [5.41, 5.74) is -0.722. The third kappa shape index (κ3) is 2.46.